The molecule has 0 saturated carbocycles. The van der Waals surface area contributed by atoms with Crippen LogP contribution >= 0.6 is 11.8 Å². The van der Waals surface area contributed by atoms with Crippen molar-refractivity contribution in [1.29, 1.82) is 0 Å². The predicted molar refractivity (Wildman–Crippen MR) is 133 cm³/mol. The first-order valence-corrected chi connectivity index (χ1v) is 12.1. The van der Waals surface area contributed by atoms with E-state index in [4.69, 9.17) is 4.74 Å². The Morgan fingerprint density at radius 2 is 1.48 bits per heavy atom. The number of aryl methyl sites for hydroxylation is 2. The SMILES string of the molecule is CCOC(=O)C1=C(O)[C@H](Sc2ccccc2)[C@H](c2ccc(C)cc2)N[C@@H]1c1ccc(C)cc1. The molecule has 1 heterocycles. The summed E-state index contributed by atoms with van der Waals surface area (Å²) in [5.74, 6) is -0.425. The Labute approximate surface area is 199 Å². The van der Waals surface area contributed by atoms with Gasteiger partial charge in [-0.15, -0.1) is 11.8 Å². The standard InChI is InChI=1S/C28H29NO3S/c1-4-32-28(31)23-24(20-14-10-18(2)11-15-20)29-25(21-16-12-19(3)13-17-21)27(26(23)30)33-22-8-6-5-7-9-22/h5-17,24-25,27,29-30H,4H2,1-3H3/t24-,25+,27-/m1/s1. The zero-order valence-corrected chi connectivity index (χ0v) is 19.9. The molecule has 170 valence electrons. The summed E-state index contributed by atoms with van der Waals surface area (Å²) >= 11 is 1.54. The Hall–Kier alpha value is -3.02. The van der Waals surface area contributed by atoms with Gasteiger partial charge in [0.1, 0.15) is 5.76 Å². The third-order valence-electron chi connectivity index (χ3n) is 5.83. The van der Waals surface area contributed by atoms with Crippen molar-refractivity contribution < 1.29 is 14.6 Å². The van der Waals surface area contributed by atoms with E-state index in [1.54, 1.807) is 18.7 Å². The fourth-order valence-corrected chi connectivity index (χ4v) is 5.29. The maximum atomic E-state index is 13.1. The van der Waals surface area contributed by atoms with Crippen molar-refractivity contribution in [3.05, 3.63) is 112 Å². The van der Waals surface area contributed by atoms with Gasteiger partial charge in [0.25, 0.3) is 0 Å². The topological polar surface area (TPSA) is 58.6 Å². The molecule has 1 aliphatic heterocycles. The Morgan fingerprint density at radius 1 is 0.909 bits per heavy atom. The van der Waals surface area contributed by atoms with Crippen molar-refractivity contribution in [2.75, 3.05) is 6.61 Å². The molecule has 0 bridgehead atoms. The third-order valence-corrected chi connectivity index (χ3v) is 7.13. The molecule has 0 aromatic heterocycles. The maximum absolute atomic E-state index is 13.1. The van der Waals surface area contributed by atoms with E-state index in [9.17, 15) is 9.90 Å². The van der Waals surface area contributed by atoms with E-state index in [1.165, 1.54) is 5.56 Å². The molecule has 0 saturated heterocycles. The second-order valence-corrected chi connectivity index (χ2v) is 9.48. The van der Waals surface area contributed by atoms with Crippen molar-refractivity contribution in [1.82, 2.24) is 5.32 Å². The van der Waals surface area contributed by atoms with Crippen LogP contribution in [0.2, 0.25) is 0 Å². The number of benzene rings is 3. The van der Waals surface area contributed by atoms with Crippen LogP contribution in [0.15, 0.2) is 95.1 Å². The fourth-order valence-electron chi connectivity index (χ4n) is 4.08. The van der Waals surface area contributed by atoms with Crippen molar-refractivity contribution in [3.8, 4) is 0 Å². The molecule has 0 fully saturated rings. The van der Waals surface area contributed by atoms with Gasteiger partial charge in [-0.25, -0.2) is 4.79 Å². The number of nitrogens with one attached hydrogen (secondary N) is 1. The summed E-state index contributed by atoms with van der Waals surface area (Å²) in [5, 5.41) is 14.9. The predicted octanol–water partition coefficient (Wildman–Crippen LogP) is 6.23. The summed E-state index contributed by atoms with van der Waals surface area (Å²) in [6.45, 7) is 6.10. The number of ether oxygens (including phenoxy) is 1. The molecular formula is C28H29NO3S. The van der Waals surface area contributed by atoms with E-state index in [-0.39, 0.29) is 24.0 Å². The molecule has 4 nitrogen and oxygen atoms in total. The van der Waals surface area contributed by atoms with Crippen LogP contribution in [-0.2, 0) is 9.53 Å². The summed E-state index contributed by atoms with van der Waals surface area (Å²) in [7, 11) is 0. The summed E-state index contributed by atoms with van der Waals surface area (Å²) in [6.07, 6.45) is 0. The number of thioether (sulfide) groups is 1. The molecule has 0 unspecified atom stereocenters. The first-order chi connectivity index (χ1) is 16.0. The average Bonchev–Trinajstić information content (AvgIpc) is 2.82. The van der Waals surface area contributed by atoms with Crippen LogP contribution in [0, 0.1) is 13.8 Å². The Morgan fingerprint density at radius 3 is 2.06 bits per heavy atom. The van der Waals surface area contributed by atoms with Gasteiger partial charge in [0.2, 0.25) is 0 Å². The fraction of sp³-hybridized carbons (Fsp3) is 0.250. The number of carbonyl (C=O) groups excluding carboxylic acids is 1. The molecule has 0 spiro atoms. The highest BCUT2D eigenvalue weighted by Crippen LogP contribution is 2.44. The zero-order valence-electron chi connectivity index (χ0n) is 19.1. The van der Waals surface area contributed by atoms with Crippen LogP contribution < -0.4 is 5.32 Å². The molecule has 0 radical (unpaired) electrons. The number of carbonyl (C=O) groups is 1. The van der Waals surface area contributed by atoms with E-state index >= 15 is 0 Å². The molecule has 0 amide bonds. The van der Waals surface area contributed by atoms with Crippen molar-refractivity contribution in [2.24, 2.45) is 0 Å². The quantitative estimate of drug-likeness (QED) is 0.428. The van der Waals surface area contributed by atoms with E-state index in [2.05, 4.69) is 36.5 Å². The number of aliphatic hydroxyl groups is 1. The third kappa shape index (κ3) is 5.15. The molecule has 3 aromatic rings. The number of aliphatic hydroxyl groups excluding tert-OH is 1. The monoisotopic (exact) mass is 459 g/mol. The van der Waals surface area contributed by atoms with Gasteiger partial charge in [0.15, 0.2) is 0 Å². The molecule has 4 rings (SSSR count). The molecule has 2 N–H and O–H groups in total. The minimum atomic E-state index is -0.492. The molecule has 5 heteroatoms. The molecule has 1 aliphatic rings. The van der Waals surface area contributed by atoms with Gasteiger partial charge in [0, 0.05) is 4.90 Å². The average molecular weight is 460 g/mol. The number of esters is 1. The number of hydrogen-bond acceptors (Lipinski definition) is 5. The second-order valence-electron chi connectivity index (χ2n) is 8.27. The Kier molecular flexibility index (Phi) is 7.21. The maximum Gasteiger partial charge on any atom is 0.339 e. The van der Waals surface area contributed by atoms with Gasteiger partial charge in [-0.3, -0.25) is 5.32 Å². The van der Waals surface area contributed by atoms with E-state index in [1.807, 2.05) is 61.5 Å². The largest absolute Gasteiger partial charge is 0.510 e. The van der Waals surface area contributed by atoms with Crippen LogP contribution in [0.25, 0.3) is 0 Å². The molecule has 33 heavy (non-hydrogen) atoms. The Balaban J connectivity index is 1.85. The molecule has 3 aromatic carbocycles. The number of rotatable bonds is 6. The lowest BCUT2D eigenvalue weighted by Gasteiger charge is -2.38. The second kappa shape index (κ2) is 10.3. The normalized spacial score (nSPS) is 20.5. The molecular weight excluding hydrogens is 430 g/mol. The highest BCUT2D eigenvalue weighted by Gasteiger charge is 2.42. The van der Waals surface area contributed by atoms with Gasteiger partial charge < -0.3 is 9.84 Å². The molecule has 3 atom stereocenters. The highest BCUT2D eigenvalue weighted by molar-refractivity contribution is 8.00. The smallest absolute Gasteiger partial charge is 0.339 e. The summed E-state index contributed by atoms with van der Waals surface area (Å²) < 4.78 is 5.38. The summed E-state index contributed by atoms with van der Waals surface area (Å²) in [4.78, 5) is 14.1. The van der Waals surface area contributed by atoms with E-state index in [0.717, 1.165) is 21.6 Å². The number of hydrogen-bond donors (Lipinski definition) is 2. The minimum Gasteiger partial charge on any atom is -0.510 e. The summed E-state index contributed by atoms with van der Waals surface area (Å²) in [6, 6.07) is 25.6. The van der Waals surface area contributed by atoms with Gasteiger partial charge in [0.05, 0.1) is 29.5 Å². The minimum absolute atomic E-state index is 0.0669. The van der Waals surface area contributed by atoms with E-state index in [0.29, 0.717) is 0 Å². The van der Waals surface area contributed by atoms with Gasteiger partial charge in [-0.1, -0.05) is 77.9 Å². The van der Waals surface area contributed by atoms with Crippen LogP contribution in [0.4, 0.5) is 0 Å². The highest BCUT2D eigenvalue weighted by atomic mass is 32.2. The molecule has 0 aliphatic carbocycles. The zero-order chi connectivity index (χ0) is 23.4. The van der Waals surface area contributed by atoms with Gasteiger partial charge >= 0.3 is 5.97 Å². The first-order valence-electron chi connectivity index (χ1n) is 11.2. The van der Waals surface area contributed by atoms with Crippen LogP contribution in [0.5, 0.6) is 0 Å². The van der Waals surface area contributed by atoms with Crippen molar-refractivity contribution in [2.45, 2.75) is 43.0 Å². The Bertz CT molecular complexity index is 1120. The van der Waals surface area contributed by atoms with Gasteiger partial charge in [-0.2, -0.15) is 0 Å². The lowest BCUT2D eigenvalue weighted by atomic mass is 9.87. The van der Waals surface area contributed by atoms with Crippen molar-refractivity contribution >= 4 is 17.7 Å². The van der Waals surface area contributed by atoms with E-state index < -0.39 is 17.3 Å². The lowest BCUT2D eigenvalue weighted by Crippen LogP contribution is -2.43. The first kappa shape index (κ1) is 23.1. The van der Waals surface area contributed by atoms with Crippen LogP contribution in [-0.4, -0.2) is 22.9 Å². The van der Waals surface area contributed by atoms with Crippen LogP contribution in [0.1, 0.15) is 41.3 Å². The van der Waals surface area contributed by atoms with Crippen LogP contribution in [0.3, 0.4) is 0 Å². The van der Waals surface area contributed by atoms with Gasteiger partial charge in [-0.05, 0) is 44.0 Å². The van der Waals surface area contributed by atoms with Crippen molar-refractivity contribution in [3.63, 3.8) is 0 Å². The lowest BCUT2D eigenvalue weighted by molar-refractivity contribution is -0.139. The summed E-state index contributed by atoms with van der Waals surface area (Å²) in [5.41, 5.74) is 4.55.